The molecule has 0 atom stereocenters. The van der Waals surface area contributed by atoms with Gasteiger partial charge in [-0.05, 0) is 38.9 Å². The van der Waals surface area contributed by atoms with Crippen molar-refractivity contribution >= 4 is 16.1 Å². The number of carbonyl (C=O) groups excluding carboxylic acids is 1. The number of piperidine rings is 1. The van der Waals surface area contributed by atoms with Crippen LogP contribution in [0.1, 0.15) is 39.0 Å². The van der Waals surface area contributed by atoms with Crippen molar-refractivity contribution in [2.75, 3.05) is 25.9 Å². The van der Waals surface area contributed by atoms with E-state index in [-0.39, 0.29) is 5.92 Å². The Labute approximate surface area is 120 Å². The van der Waals surface area contributed by atoms with E-state index in [1.807, 2.05) is 0 Å². The van der Waals surface area contributed by atoms with E-state index in [9.17, 15) is 13.2 Å². The Hall–Kier alpha value is -0.700. The van der Waals surface area contributed by atoms with Crippen LogP contribution in [0.5, 0.6) is 0 Å². The van der Waals surface area contributed by atoms with Crippen LogP contribution in [0.25, 0.3) is 0 Å². The number of rotatable bonds is 5. The monoisotopic (exact) mass is 311 g/mol. The smallest absolute Gasteiger partial charge is 0.303 e. The molecule has 0 aromatic rings. The number of unbranched alkanes of at least 4 members (excludes halogenated alkanes) is 2. The Balaban J connectivity index is 0.000000621. The molecule has 0 radical (unpaired) electrons. The highest BCUT2D eigenvalue weighted by Crippen LogP contribution is 2.18. The molecule has 0 unspecified atom stereocenters. The zero-order chi connectivity index (χ0) is 15.6. The van der Waals surface area contributed by atoms with Crippen LogP contribution in [-0.2, 0) is 19.8 Å². The molecule has 1 aliphatic rings. The highest BCUT2D eigenvalue weighted by molar-refractivity contribution is 7.85. The molecule has 1 fully saturated rings. The minimum absolute atomic E-state index is 0.0996. The molecule has 0 amide bonds. The predicted molar refractivity (Wildman–Crippen MR) is 74.9 cm³/mol. The van der Waals surface area contributed by atoms with Crippen molar-refractivity contribution in [1.82, 2.24) is 4.90 Å². The van der Waals surface area contributed by atoms with Crippen molar-refractivity contribution in [2.45, 2.75) is 39.0 Å². The van der Waals surface area contributed by atoms with E-state index >= 15 is 0 Å². The van der Waals surface area contributed by atoms with E-state index in [4.69, 9.17) is 9.81 Å². The first-order chi connectivity index (χ1) is 9.27. The largest absolute Gasteiger partial charge is 0.345 e. The third-order valence-electron chi connectivity index (χ3n) is 3.09. The van der Waals surface area contributed by atoms with Crippen LogP contribution >= 0.6 is 0 Å². The van der Waals surface area contributed by atoms with E-state index in [0.717, 1.165) is 32.5 Å². The second kappa shape index (κ2) is 10.1. The molecule has 7 nitrogen and oxygen atoms in total. The molecule has 1 rings (SSSR count). The topological polar surface area (TPSA) is 104 Å². The van der Waals surface area contributed by atoms with Crippen LogP contribution in [0.2, 0.25) is 0 Å². The fourth-order valence-corrected chi connectivity index (χ4v) is 2.05. The highest BCUT2D eigenvalue weighted by Gasteiger charge is 2.25. The Bertz CT molecular complexity index is 354. The molecule has 0 spiro atoms. The standard InChI is InChI=1S/C11H21NO3.CH4O3S/c1-2-3-4-7-12-8-5-10(6-9-12)11(13)15-14;1-5(2,3)4/h10,14H,2-9H2,1H3;1H3,(H,2,3,4). The van der Waals surface area contributed by atoms with E-state index in [1.165, 1.54) is 19.3 Å². The summed E-state index contributed by atoms with van der Waals surface area (Å²) in [5.41, 5.74) is 0. The summed E-state index contributed by atoms with van der Waals surface area (Å²) in [7, 11) is -3.67. The quantitative estimate of drug-likeness (QED) is 0.342. The average Bonchev–Trinajstić information content (AvgIpc) is 2.37. The Kier molecular flexibility index (Phi) is 9.74. The van der Waals surface area contributed by atoms with Gasteiger partial charge in [-0.15, -0.1) is 0 Å². The molecule has 1 saturated heterocycles. The van der Waals surface area contributed by atoms with E-state index < -0.39 is 16.1 Å². The van der Waals surface area contributed by atoms with Gasteiger partial charge in [0, 0.05) is 0 Å². The van der Waals surface area contributed by atoms with Gasteiger partial charge in [-0.3, -0.25) is 4.55 Å². The Morgan fingerprint density at radius 1 is 1.30 bits per heavy atom. The summed E-state index contributed by atoms with van der Waals surface area (Å²) in [6.45, 7) is 5.23. The number of nitrogens with zero attached hydrogens (tertiary/aromatic N) is 1. The molecule has 1 heterocycles. The maximum Gasteiger partial charge on any atom is 0.345 e. The highest BCUT2D eigenvalue weighted by atomic mass is 32.2. The van der Waals surface area contributed by atoms with Crippen LogP contribution in [0.15, 0.2) is 0 Å². The van der Waals surface area contributed by atoms with Gasteiger partial charge in [0.05, 0.1) is 12.2 Å². The van der Waals surface area contributed by atoms with Gasteiger partial charge >= 0.3 is 5.97 Å². The van der Waals surface area contributed by atoms with Crippen LogP contribution in [0.3, 0.4) is 0 Å². The Morgan fingerprint density at radius 2 is 1.80 bits per heavy atom. The van der Waals surface area contributed by atoms with Crippen molar-refractivity contribution in [3.63, 3.8) is 0 Å². The summed E-state index contributed by atoms with van der Waals surface area (Å²) in [4.78, 5) is 17.2. The zero-order valence-electron chi connectivity index (χ0n) is 12.1. The molecule has 0 saturated carbocycles. The molecular weight excluding hydrogens is 286 g/mol. The molecule has 120 valence electrons. The summed E-state index contributed by atoms with van der Waals surface area (Å²) < 4.78 is 25.9. The second-order valence-corrected chi connectivity index (χ2v) is 6.43. The average molecular weight is 311 g/mol. The van der Waals surface area contributed by atoms with Crippen LogP contribution in [-0.4, -0.2) is 55.0 Å². The first-order valence-corrected chi connectivity index (χ1v) is 8.62. The summed E-state index contributed by atoms with van der Waals surface area (Å²) in [5, 5.41) is 8.26. The maximum absolute atomic E-state index is 11.0. The summed E-state index contributed by atoms with van der Waals surface area (Å²) in [6, 6.07) is 0. The van der Waals surface area contributed by atoms with Crippen molar-refractivity contribution in [3.8, 4) is 0 Å². The van der Waals surface area contributed by atoms with Gasteiger partial charge in [0.1, 0.15) is 0 Å². The second-order valence-electron chi connectivity index (χ2n) is 4.97. The van der Waals surface area contributed by atoms with Crippen LogP contribution in [0.4, 0.5) is 0 Å². The number of likely N-dealkylation sites (tertiary alicyclic amines) is 1. The summed E-state index contributed by atoms with van der Waals surface area (Å²) in [6.07, 6.45) is 6.10. The normalized spacial score (nSPS) is 17.2. The number of hydrogen-bond acceptors (Lipinski definition) is 6. The molecule has 1 aliphatic heterocycles. The first kappa shape index (κ1) is 19.3. The molecule has 0 bridgehead atoms. The van der Waals surface area contributed by atoms with Crippen molar-refractivity contribution < 1.29 is 27.9 Å². The van der Waals surface area contributed by atoms with E-state index in [2.05, 4.69) is 16.7 Å². The Morgan fingerprint density at radius 3 is 2.20 bits per heavy atom. The SMILES string of the molecule is CCCCCN1CCC(C(=O)OO)CC1.CS(=O)(=O)O. The van der Waals surface area contributed by atoms with Crippen LogP contribution in [0, 0.1) is 5.92 Å². The first-order valence-electron chi connectivity index (χ1n) is 6.78. The predicted octanol–water partition coefficient (Wildman–Crippen LogP) is 1.41. The van der Waals surface area contributed by atoms with Crippen molar-refractivity contribution in [3.05, 3.63) is 0 Å². The molecule has 20 heavy (non-hydrogen) atoms. The van der Waals surface area contributed by atoms with Gasteiger partial charge in [0.2, 0.25) is 0 Å². The lowest BCUT2D eigenvalue weighted by Crippen LogP contribution is -2.37. The van der Waals surface area contributed by atoms with Crippen LogP contribution < -0.4 is 0 Å². The molecule has 0 aromatic carbocycles. The molecular formula is C12H25NO6S. The maximum atomic E-state index is 11.0. The number of hydrogen-bond donors (Lipinski definition) is 2. The lowest BCUT2D eigenvalue weighted by molar-refractivity contribution is -0.240. The van der Waals surface area contributed by atoms with Gasteiger partial charge in [-0.25, -0.2) is 4.79 Å². The summed E-state index contributed by atoms with van der Waals surface area (Å²) >= 11 is 0. The fourth-order valence-electron chi connectivity index (χ4n) is 2.05. The molecule has 8 heteroatoms. The number of carbonyl (C=O) groups is 1. The van der Waals surface area contributed by atoms with E-state index in [0.29, 0.717) is 6.26 Å². The van der Waals surface area contributed by atoms with Gasteiger partial charge in [-0.1, -0.05) is 19.8 Å². The molecule has 2 N–H and O–H groups in total. The molecule has 0 aromatic heterocycles. The molecule has 0 aliphatic carbocycles. The zero-order valence-corrected chi connectivity index (χ0v) is 12.9. The third-order valence-corrected chi connectivity index (χ3v) is 3.09. The minimum atomic E-state index is -3.67. The van der Waals surface area contributed by atoms with Gasteiger partial charge in [0.25, 0.3) is 10.1 Å². The third kappa shape index (κ3) is 11.2. The van der Waals surface area contributed by atoms with Gasteiger partial charge in [0.15, 0.2) is 0 Å². The van der Waals surface area contributed by atoms with E-state index in [1.54, 1.807) is 0 Å². The van der Waals surface area contributed by atoms with Crippen molar-refractivity contribution in [1.29, 1.82) is 0 Å². The van der Waals surface area contributed by atoms with Gasteiger partial charge in [-0.2, -0.15) is 13.7 Å². The minimum Gasteiger partial charge on any atom is -0.303 e. The summed E-state index contributed by atoms with van der Waals surface area (Å²) in [5.74, 6) is -0.569. The lowest BCUT2D eigenvalue weighted by Gasteiger charge is -2.30. The fraction of sp³-hybridized carbons (Fsp3) is 0.917. The lowest BCUT2D eigenvalue weighted by atomic mass is 9.97. The van der Waals surface area contributed by atoms with Crippen molar-refractivity contribution in [2.24, 2.45) is 5.92 Å². The van der Waals surface area contributed by atoms with Gasteiger partial charge < -0.3 is 9.79 Å².